The number of piperidine rings is 2. The van der Waals surface area contributed by atoms with Gasteiger partial charge in [0.1, 0.15) is 0 Å². The van der Waals surface area contributed by atoms with Gasteiger partial charge in [-0.15, -0.1) is 0 Å². The molecule has 3 aliphatic rings. The number of aromatic amines is 1. The summed E-state index contributed by atoms with van der Waals surface area (Å²) in [5.41, 5.74) is 1.49. The molecule has 2 N–H and O–H groups in total. The summed E-state index contributed by atoms with van der Waals surface area (Å²) in [5, 5.41) is 15.0. The Morgan fingerprint density at radius 2 is 2.00 bits per heavy atom. The Kier molecular flexibility index (Phi) is 4.29. The van der Waals surface area contributed by atoms with Crippen LogP contribution in [0.4, 0.5) is 0 Å². The second kappa shape index (κ2) is 6.37. The summed E-state index contributed by atoms with van der Waals surface area (Å²) in [7, 11) is 2.16. The van der Waals surface area contributed by atoms with Crippen LogP contribution in [-0.4, -0.2) is 69.7 Å². The van der Waals surface area contributed by atoms with Crippen LogP contribution in [0.25, 0.3) is 10.9 Å². The Morgan fingerprint density at radius 3 is 2.65 bits per heavy atom. The first-order valence-electron chi connectivity index (χ1n) is 7.68. The van der Waals surface area contributed by atoms with Gasteiger partial charge in [-0.05, 0) is 26.0 Å². The first-order valence-corrected chi connectivity index (χ1v) is 7.68. The van der Waals surface area contributed by atoms with Crippen LogP contribution in [-0.2, 0) is 4.79 Å². The van der Waals surface area contributed by atoms with Crippen molar-refractivity contribution in [2.24, 2.45) is 0 Å². The third-order valence-corrected chi connectivity index (χ3v) is 4.74. The van der Waals surface area contributed by atoms with Gasteiger partial charge in [-0.1, -0.05) is 18.2 Å². The standard InChI is InChI=1S/C15H18N4O.CH2O2/c1-18-8-11-7-6-10(18)9-19(11)15(20)14-12-4-2-3-5-13(12)16-17-14;2-1-3/h2-5,10-11H,6-9H2,1H3,(H,16,17);1H,(H,2,3). The lowest BCUT2D eigenvalue weighted by Crippen LogP contribution is -2.62. The summed E-state index contributed by atoms with van der Waals surface area (Å²) in [4.78, 5) is 25.6. The normalized spacial score (nSPS) is 23.4. The molecule has 1 aromatic heterocycles. The van der Waals surface area contributed by atoms with Crippen molar-refractivity contribution < 1.29 is 14.7 Å². The van der Waals surface area contributed by atoms with Gasteiger partial charge in [0.25, 0.3) is 12.4 Å². The summed E-state index contributed by atoms with van der Waals surface area (Å²) < 4.78 is 0. The predicted molar refractivity (Wildman–Crippen MR) is 85.3 cm³/mol. The zero-order valence-corrected chi connectivity index (χ0v) is 13.0. The molecule has 0 spiro atoms. The van der Waals surface area contributed by atoms with Crippen molar-refractivity contribution in [3.05, 3.63) is 30.0 Å². The van der Waals surface area contributed by atoms with Gasteiger partial charge < -0.3 is 10.0 Å². The summed E-state index contributed by atoms with van der Waals surface area (Å²) in [6, 6.07) is 8.66. The summed E-state index contributed by atoms with van der Waals surface area (Å²) in [6.45, 7) is 1.57. The third-order valence-electron chi connectivity index (χ3n) is 4.74. The lowest BCUT2D eigenvalue weighted by atomic mass is 9.91. The molecular formula is C16H20N4O3. The number of benzene rings is 1. The Bertz CT molecular complexity index is 714. The van der Waals surface area contributed by atoms with E-state index in [0.29, 0.717) is 17.8 Å². The maximum Gasteiger partial charge on any atom is 0.290 e. The number of carbonyl (C=O) groups is 2. The highest BCUT2D eigenvalue weighted by Gasteiger charge is 2.40. The number of hydrogen-bond acceptors (Lipinski definition) is 4. The minimum absolute atomic E-state index is 0.0743. The molecule has 7 heteroatoms. The van der Waals surface area contributed by atoms with Crippen LogP contribution in [0.15, 0.2) is 24.3 Å². The maximum absolute atomic E-state index is 12.8. The van der Waals surface area contributed by atoms with Gasteiger partial charge in [0.05, 0.1) is 5.52 Å². The molecule has 0 aliphatic carbocycles. The van der Waals surface area contributed by atoms with E-state index < -0.39 is 0 Å². The first kappa shape index (κ1) is 15.5. The van der Waals surface area contributed by atoms with Gasteiger partial charge in [-0.2, -0.15) is 5.10 Å². The second-order valence-corrected chi connectivity index (χ2v) is 6.01. The minimum atomic E-state index is -0.250. The van der Waals surface area contributed by atoms with E-state index in [9.17, 15) is 4.79 Å². The fourth-order valence-corrected chi connectivity index (χ4v) is 3.55. The average molecular weight is 316 g/mol. The SMILES string of the molecule is CN1CC2CCC1CN2C(=O)c1n[nH]c2ccccc12.O=CO. The number of para-hydroxylation sites is 1. The quantitative estimate of drug-likeness (QED) is 0.771. The number of nitrogens with one attached hydrogen (secondary N) is 1. The summed E-state index contributed by atoms with van der Waals surface area (Å²) in [6.07, 6.45) is 2.31. The first-order chi connectivity index (χ1) is 11.2. The molecule has 2 atom stereocenters. The molecule has 3 fully saturated rings. The number of nitrogens with zero attached hydrogens (tertiary/aromatic N) is 3. The van der Waals surface area contributed by atoms with Gasteiger partial charge in [-0.3, -0.25) is 19.6 Å². The number of amides is 1. The van der Waals surface area contributed by atoms with Crippen LogP contribution < -0.4 is 0 Å². The Hall–Kier alpha value is -2.41. The number of carboxylic acid groups (broad SMARTS) is 1. The van der Waals surface area contributed by atoms with Crippen LogP contribution >= 0.6 is 0 Å². The number of rotatable bonds is 1. The van der Waals surface area contributed by atoms with Gasteiger partial charge >= 0.3 is 0 Å². The molecule has 3 aliphatic heterocycles. The number of hydrogen-bond donors (Lipinski definition) is 2. The van der Waals surface area contributed by atoms with Gasteiger partial charge in [0.2, 0.25) is 0 Å². The molecule has 122 valence electrons. The van der Waals surface area contributed by atoms with Crippen molar-refractivity contribution in [2.75, 3.05) is 20.1 Å². The summed E-state index contributed by atoms with van der Waals surface area (Å²) >= 11 is 0. The molecule has 2 aromatic rings. The number of piperazine rings is 1. The topological polar surface area (TPSA) is 89.5 Å². The molecule has 2 unspecified atom stereocenters. The molecule has 0 saturated carbocycles. The molecular weight excluding hydrogens is 296 g/mol. The molecule has 5 rings (SSSR count). The fourth-order valence-electron chi connectivity index (χ4n) is 3.55. The third kappa shape index (κ3) is 2.79. The van der Waals surface area contributed by atoms with Gasteiger partial charge in [0, 0.05) is 30.6 Å². The highest BCUT2D eigenvalue weighted by Crippen LogP contribution is 2.29. The smallest absolute Gasteiger partial charge is 0.290 e. The summed E-state index contributed by atoms with van der Waals surface area (Å²) in [5.74, 6) is 0.0743. The number of fused-ring (bicyclic) bond motifs is 4. The molecule has 23 heavy (non-hydrogen) atoms. The monoisotopic (exact) mass is 316 g/mol. The second-order valence-electron chi connectivity index (χ2n) is 6.01. The molecule has 0 radical (unpaired) electrons. The highest BCUT2D eigenvalue weighted by atomic mass is 16.3. The van der Waals surface area contributed by atoms with Crippen LogP contribution in [0.3, 0.4) is 0 Å². The van der Waals surface area contributed by atoms with E-state index >= 15 is 0 Å². The van der Waals surface area contributed by atoms with Gasteiger partial charge in [-0.25, -0.2) is 0 Å². The van der Waals surface area contributed by atoms with E-state index in [1.54, 1.807) is 0 Å². The van der Waals surface area contributed by atoms with Crippen LogP contribution in [0, 0.1) is 0 Å². The van der Waals surface area contributed by atoms with Crippen molar-refractivity contribution in [3.63, 3.8) is 0 Å². The maximum atomic E-state index is 12.8. The van der Waals surface area contributed by atoms with Crippen LogP contribution in [0.5, 0.6) is 0 Å². The Morgan fingerprint density at radius 1 is 1.30 bits per heavy atom. The van der Waals surface area contributed by atoms with Crippen molar-refractivity contribution >= 4 is 23.3 Å². The Balaban J connectivity index is 0.000000485. The van der Waals surface area contributed by atoms with Crippen LogP contribution in [0.1, 0.15) is 23.3 Å². The van der Waals surface area contributed by atoms with Crippen molar-refractivity contribution in [1.82, 2.24) is 20.0 Å². The predicted octanol–water partition coefficient (Wildman–Crippen LogP) is 1.18. The molecule has 2 bridgehead atoms. The number of H-pyrrole nitrogens is 1. The van der Waals surface area contributed by atoms with E-state index in [0.717, 1.165) is 30.4 Å². The largest absolute Gasteiger partial charge is 0.483 e. The fraction of sp³-hybridized carbons (Fsp3) is 0.438. The van der Waals surface area contributed by atoms with Crippen molar-refractivity contribution in [3.8, 4) is 0 Å². The minimum Gasteiger partial charge on any atom is -0.483 e. The number of likely N-dealkylation sites (N-methyl/N-ethyl adjacent to an activating group) is 1. The number of aromatic nitrogens is 2. The van der Waals surface area contributed by atoms with E-state index in [2.05, 4.69) is 22.1 Å². The molecule has 7 nitrogen and oxygen atoms in total. The lowest BCUT2D eigenvalue weighted by molar-refractivity contribution is -0.122. The van der Waals surface area contributed by atoms with E-state index in [1.165, 1.54) is 6.42 Å². The van der Waals surface area contributed by atoms with E-state index in [4.69, 9.17) is 9.90 Å². The van der Waals surface area contributed by atoms with Gasteiger partial charge in [0.15, 0.2) is 5.69 Å². The Labute approximate surface area is 133 Å². The highest BCUT2D eigenvalue weighted by molar-refractivity contribution is 6.04. The van der Waals surface area contributed by atoms with Crippen molar-refractivity contribution in [2.45, 2.75) is 24.9 Å². The molecule has 3 saturated heterocycles. The van der Waals surface area contributed by atoms with E-state index in [1.807, 2.05) is 29.2 Å². The zero-order valence-electron chi connectivity index (χ0n) is 13.0. The lowest BCUT2D eigenvalue weighted by Gasteiger charge is -2.50. The van der Waals surface area contributed by atoms with E-state index in [-0.39, 0.29) is 12.4 Å². The van der Waals surface area contributed by atoms with Crippen LogP contribution in [0.2, 0.25) is 0 Å². The molecule has 1 aromatic carbocycles. The van der Waals surface area contributed by atoms with Crippen molar-refractivity contribution in [1.29, 1.82) is 0 Å². The number of carbonyl (C=O) groups excluding carboxylic acids is 1. The average Bonchev–Trinajstić information content (AvgIpc) is 2.99. The molecule has 4 heterocycles. The molecule has 1 amide bonds. The zero-order chi connectivity index (χ0) is 16.4.